The van der Waals surface area contributed by atoms with Gasteiger partial charge in [-0.05, 0) is 42.1 Å². The Morgan fingerprint density at radius 1 is 1.08 bits per heavy atom. The Labute approximate surface area is 144 Å². The lowest BCUT2D eigenvalue weighted by Gasteiger charge is -2.34. The molecule has 120 valence electrons. The van der Waals surface area contributed by atoms with Crippen LogP contribution >= 0.6 is 11.3 Å². The van der Waals surface area contributed by atoms with E-state index in [9.17, 15) is 0 Å². The van der Waals surface area contributed by atoms with E-state index in [1.165, 1.54) is 10.4 Å². The van der Waals surface area contributed by atoms with Crippen LogP contribution in [0.2, 0.25) is 0 Å². The van der Waals surface area contributed by atoms with Gasteiger partial charge in [-0.25, -0.2) is 0 Å². The van der Waals surface area contributed by atoms with Crippen molar-refractivity contribution in [2.45, 2.75) is 31.4 Å². The van der Waals surface area contributed by atoms with Crippen LogP contribution in [0, 0.1) is 6.92 Å². The number of aryl methyl sites for hydroxylation is 1. The van der Waals surface area contributed by atoms with Crippen LogP contribution in [0.1, 0.15) is 40.4 Å². The Balaban J connectivity index is 1.60. The lowest BCUT2D eigenvalue weighted by atomic mass is 9.84. The van der Waals surface area contributed by atoms with Crippen LogP contribution in [0.25, 0.3) is 0 Å². The van der Waals surface area contributed by atoms with Crippen molar-refractivity contribution in [3.05, 3.63) is 75.9 Å². The third-order valence-electron chi connectivity index (χ3n) is 4.86. The molecule has 1 aromatic carbocycles. The van der Waals surface area contributed by atoms with Gasteiger partial charge in [-0.3, -0.25) is 4.99 Å². The summed E-state index contributed by atoms with van der Waals surface area (Å²) in [5.41, 5.74) is 2.32. The highest BCUT2D eigenvalue weighted by atomic mass is 32.1. The molecule has 3 atom stereocenters. The summed E-state index contributed by atoms with van der Waals surface area (Å²) >= 11 is 1.74. The molecule has 3 nitrogen and oxygen atoms in total. The zero-order valence-corrected chi connectivity index (χ0v) is 14.1. The van der Waals surface area contributed by atoms with Gasteiger partial charge in [0.1, 0.15) is 17.3 Å². The van der Waals surface area contributed by atoms with E-state index >= 15 is 0 Å². The zero-order chi connectivity index (χ0) is 16.1. The number of para-hydroxylation sites is 1. The molecule has 0 aliphatic carbocycles. The Morgan fingerprint density at radius 2 is 2.00 bits per heavy atom. The fourth-order valence-corrected chi connectivity index (χ4v) is 4.55. The first kappa shape index (κ1) is 14.1. The Kier molecular flexibility index (Phi) is 3.13. The first-order valence-electron chi connectivity index (χ1n) is 8.22. The van der Waals surface area contributed by atoms with E-state index in [4.69, 9.17) is 14.1 Å². The topological polar surface area (TPSA) is 34.7 Å². The maximum atomic E-state index is 6.35. The van der Waals surface area contributed by atoms with Gasteiger partial charge in [0.25, 0.3) is 0 Å². The number of hydrogen-bond acceptors (Lipinski definition) is 4. The van der Waals surface area contributed by atoms with Gasteiger partial charge in [-0.1, -0.05) is 24.3 Å². The lowest BCUT2D eigenvalue weighted by molar-refractivity contribution is 0.146. The predicted octanol–water partition coefficient (Wildman–Crippen LogP) is 5.13. The van der Waals surface area contributed by atoms with Crippen molar-refractivity contribution >= 4 is 17.0 Å². The van der Waals surface area contributed by atoms with Crippen LogP contribution < -0.4 is 4.74 Å². The van der Waals surface area contributed by atoms with Gasteiger partial charge < -0.3 is 9.15 Å². The summed E-state index contributed by atoms with van der Waals surface area (Å²) in [5, 5.41) is 2.10. The number of nitrogens with zero attached hydrogens (tertiary/aromatic N) is 1. The monoisotopic (exact) mass is 335 g/mol. The van der Waals surface area contributed by atoms with Gasteiger partial charge in [0, 0.05) is 17.2 Å². The number of furan rings is 1. The van der Waals surface area contributed by atoms with Gasteiger partial charge in [0.2, 0.25) is 0 Å². The number of benzene rings is 1. The number of aliphatic imine (C=N–C) groups is 1. The number of rotatable bonds is 2. The van der Waals surface area contributed by atoms with Crippen molar-refractivity contribution in [3.63, 3.8) is 0 Å². The average Bonchev–Trinajstić information content (AvgIpc) is 3.34. The molecule has 2 aliphatic heterocycles. The summed E-state index contributed by atoms with van der Waals surface area (Å²) in [4.78, 5) is 6.27. The molecule has 2 aromatic heterocycles. The molecule has 24 heavy (non-hydrogen) atoms. The summed E-state index contributed by atoms with van der Waals surface area (Å²) in [6, 6.07) is 16.7. The fraction of sp³-hybridized carbons (Fsp3) is 0.250. The number of ether oxygens (including phenoxy) is 1. The Bertz CT molecular complexity index is 909. The van der Waals surface area contributed by atoms with Crippen molar-refractivity contribution < 1.29 is 9.15 Å². The second-order valence-corrected chi connectivity index (χ2v) is 7.36. The summed E-state index contributed by atoms with van der Waals surface area (Å²) in [5.74, 6) is 3.16. The average molecular weight is 335 g/mol. The van der Waals surface area contributed by atoms with E-state index in [0.29, 0.717) is 5.92 Å². The van der Waals surface area contributed by atoms with Gasteiger partial charge in [-0.2, -0.15) is 0 Å². The molecule has 4 heteroatoms. The molecule has 3 aromatic rings. The predicted molar refractivity (Wildman–Crippen MR) is 95.3 cm³/mol. The quantitative estimate of drug-likeness (QED) is 0.651. The molecular weight excluding hydrogens is 318 g/mol. The molecule has 0 spiro atoms. The highest BCUT2D eigenvalue weighted by Crippen LogP contribution is 2.49. The van der Waals surface area contributed by atoms with E-state index in [-0.39, 0.29) is 12.1 Å². The first-order chi connectivity index (χ1) is 11.8. The first-order valence-corrected chi connectivity index (χ1v) is 9.10. The zero-order valence-electron chi connectivity index (χ0n) is 13.3. The van der Waals surface area contributed by atoms with Crippen LogP contribution in [-0.4, -0.2) is 11.8 Å². The number of thiophene rings is 1. The second kappa shape index (κ2) is 5.35. The standard InChI is InChI=1S/C20H17NO2S/c1-12-8-9-17(22-12)15-11-14-13-5-2-3-6-16(13)23-20(19(14)21-15)18-7-4-10-24-18/h2-10,14,19-20H,11H2,1H3. The minimum Gasteiger partial charge on any atom is -0.482 e. The van der Waals surface area contributed by atoms with Gasteiger partial charge in [0.15, 0.2) is 6.10 Å². The normalized spacial score (nSPS) is 24.9. The molecule has 0 amide bonds. The highest BCUT2D eigenvalue weighted by molar-refractivity contribution is 7.10. The van der Waals surface area contributed by atoms with Crippen LogP contribution in [0.5, 0.6) is 5.75 Å². The van der Waals surface area contributed by atoms with E-state index in [0.717, 1.165) is 29.4 Å². The van der Waals surface area contributed by atoms with Crippen molar-refractivity contribution in [1.29, 1.82) is 0 Å². The third kappa shape index (κ3) is 2.13. The molecule has 4 heterocycles. The molecule has 0 fully saturated rings. The van der Waals surface area contributed by atoms with E-state index in [1.807, 2.05) is 25.1 Å². The lowest BCUT2D eigenvalue weighted by Crippen LogP contribution is -2.30. The van der Waals surface area contributed by atoms with Gasteiger partial charge in [-0.15, -0.1) is 11.3 Å². The SMILES string of the molecule is Cc1ccc(C2=NC3C(C2)c2ccccc2OC3c2cccs2)o1. The Hall–Kier alpha value is -2.33. The van der Waals surface area contributed by atoms with Crippen LogP contribution in [0.4, 0.5) is 0 Å². The molecule has 5 rings (SSSR count). The van der Waals surface area contributed by atoms with Crippen LogP contribution in [0.15, 0.2) is 63.3 Å². The summed E-state index contributed by atoms with van der Waals surface area (Å²) in [7, 11) is 0. The number of hydrogen-bond donors (Lipinski definition) is 0. The van der Waals surface area contributed by atoms with Gasteiger partial charge >= 0.3 is 0 Å². The highest BCUT2D eigenvalue weighted by Gasteiger charge is 2.44. The summed E-state index contributed by atoms with van der Waals surface area (Å²) in [6.45, 7) is 1.97. The van der Waals surface area contributed by atoms with Crippen molar-refractivity contribution in [2.75, 3.05) is 0 Å². The largest absolute Gasteiger partial charge is 0.482 e. The van der Waals surface area contributed by atoms with E-state index < -0.39 is 0 Å². The molecular formula is C20H17NO2S. The maximum absolute atomic E-state index is 6.35. The smallest absolute Gasteiger partial charge is 0.156 e. The third-order valence-corrected chi connectivity index (χ3v) is 5.80. The molecule has 3 unspecified atom stereocenters. The molecule has 0 bridgehead atoms. The van der Waals surface area contributed by atoms with Gasteiger partial charge in [0.05, 0.1) is 11.8 Å². The van der Waals surface area contributed by atoms with Crippen LogP contribution in [0.3, 0.4) is 0 Å². The second-order valence-electron chi connectivity index (χ2n) is 6.38. The van der Waals surface area contributed by atoms with Crippen LogP contribution in [-0.2, 0) is 0 Å². The van der Waals surface area contributed by atoms with Crippen molar-refractivity contribution in [1.82, 2.24) is 0 Å². The molecule has 0 saturated carbocycles. The summed E-state index contributed by atoms with van der Waals surface area (Å²) in [6.07, 6.45) is 0.887. The molecule has 0 saturated heterocycles. The maximum Gasteiger partial charge on any atom is 0.156 e. The minimum absolute atomic E-state index is 0.0153. The van der Waals surface area contributed by atoms with Crippen molar-refractivity contribution in [2.24, 2.45) is 4.99 Å². The van der Waals surface area contributed by atoms with E-state index in [2.05, 4.69) is 35.7 Å². The summed E-state index contributed by atoms with van der Waals surface area (Å²) < 4.78 is 12.2. The number of fused-ring (bicyclic) bond motifs is 3. The van der Waals surface area contributed by atoms with E-state index in [1.54, 1.807) is 11.3 Å². The fourth-order valence-electron chi connectivity index (χ4n) is 3.76. The minimum atomic E-state index is -0.0153. The van der Waals surface area contributed by atoms with Crippen molar-refractivity contribution in [3.8, 4) is 5.75 Å². The molecule has 0 N–H and O–H groups in total. The molecule has 0 radical (unpaired) electrons. The molecule has 2 aliphatic rings. The Morgan fingerprint density at radius 3 is 2.79 bits per heavy atom.